The van der Waals surface area contributed by atoms with E-state index in [1.807, 2.05) is 33.8 Å². The number of carbonyl (C=O) groups excluding carboxylic acids is 1. The highest BCUT2D eigenvalue weighted by molar-refractivity contribution is 7.80. The van der Waals surface area contributed by atoms with Gasteiger partial charge in [-0.15, -0.1) is 0 Å². The summed E-state index contributed by atoms with van der Waals surface area (Å²) in [6.07, 6.45) is 3.50. The van der Waals surface area contributed by atoms with Crippen molar-refractivity contribution in [3.63, 3.8) is 0 Å². The lowest BCUT2D eigenvalue weighted by atomic mass is 9.78. The average molecular weight is 411 g/mol. The Morgan fingerprint density at radius 2 is 1.83 bits per heavy atom. The minimum Gasteiger partial charge on any atom is -0.400 e. The maximum Gasteiger partial charge on any atom is 0.491 e. The van der Waals surface area contributed by atoms with Gasteiger partial charge in [0.15, 0.2) is 0 Å². The first-order valence-electron chi connectivity index (χ1n) is 7.34. The quantitative estimate of drug-likeness (QED) is 0.332. The Balaban J connectivity index is 2.24. The lowest BCUT2D eigenvalue weighted by molar-refractivity contribution is 0.00578. The monoisotopic (exact) mass is 409 g/mol. The van der Waals surface area contributed by atoms with Crippen LogP contribution in [0.2, 0.25) is 0 Å². The van der Waals surface area contributed by atoms with E-state index in [2.05, 4.69) is 17.6 Å². The summed E-state index contributed by atoms with van der Waals surface area (Å²) < 4.78 is 10.0. The first-order chi connectivity index (χ1) is 10.9. The first kappa shape index (κ1) is 20.2. The molecule has 1 aromatic rings. The van der Waals surface area contributed by atoms with Gasteiger partial charge in [-0.1, -0.05) is 40.9 Å². The zero-order valence-corrected chi connectivity index (χ0v) is 17.0. The average Bonchev–Trinajstić information content (AvgIpc) is 2.97. The molecule has 0 atom stereocenters. The van der Waals surface area contributed by atoms with Crippen LogP contribution < -0.4 is 0 Å². The van der Waals surface area contributed by atoms with Crippen LogP contribution >= 0.6 is 47.4 Å². The Labute approximate surface area is 162 Å². The molecule has 1 saturated heterocycles. The molecule has 132 valence electrons. The van der Waals surface area contributed by atoms with Gasteiger partial charge >= 0.3 is 7.12 Å². The maximum absolute atomic E-state index is 11.9. The highest BCUT2D eigenvalue weighted by atomic mass is 35.6. The van der Waals surface area contributed by atoms with Gasteiger partial charge in [0.2, 0.25) is 5.78 Å². The van der Waals surface area contributed by atoms with Gasteiger partial charge in [-0.3, -0.25) is 4.79 Å². The number of aromatic amines is 1. The predicted octanol–water partition coefficient (Wildman–Crippen LogP) is 4.51. The van der Waals surface area contributed by atoms with Gasteiger partial charge in [-0.05, 0) is 44.8 Å². The molecule has 0 radical (unpaired) electrons. The van der Waals surface area contributed by atoms with Crippen molar-refractivity contribution in [2.24, 2.45) is 0 Å². The molecule has 1 aliphatic heterocycles. The van der Waals surface area contributed by atoms with Gasteiger partial charge < -0.3 is 14.3 Å². The van der Waals surface area contributed by atoms with E-state index >= 15 is 0 Å². The Morgan fingerprint density at radius 1 is 1.29 bits per heavy atom. The molecule has 0 aromatic carbocycles. The number of thiol groups is 1. The SMILES string of the molecule is CC1(C)OB(C(=Cc2c[nH]c(C(=O)C(Cl)(Cl)Cl)c2)CS)OC1(C)C. The van der Waals surface area contributed by atoms with E-state index in [1.165, 1.54) is 0 Å². The third kappa shape index (κ3) is 4.17. The molecule has 9 heteroatoms. The molecule has 2 rings (SSSR count). The summed E-state index contributed by atoms with van der Waals surface area (Å²) in [5, 5.41) is 0. The van der Waals surface area contributed by atoms with Crippen molar-refractivity contribution in [1.29, 1.82) is 0 Å². The molecular weight excluding hydrogens is 391 g/mol. The topological polar surface area (TPSA) is 51.3 Å². The summed E-state index contributed by atoms with van der Waals surface area (Å²) in [4.78, 5) is 14.8. The number of aromatic nitrogens is 1. The van der Waals surface area contributed by atoms with Crippen molar-refractivity contribution in [1.82, 2.24) is 4.98 Å². The van der Waals surface area contributed by atoms with Crippen LogP contribution in [0.25, 0.3) is 6.08 Å². The molecule has 0 bridgehead atoms. The van der Waals surface area contributed by atoms with Crippen molar-refractivity contribution in [2.75, 3.05) is 5.75 Å². The van der Waals surface area contributed by atoms with Crippen LogP contribution in [0.15, 0.2) is 17.7 Å². The normalized spacial score (nSPS) is 20.5. The molecule has 0 saturated carbocycles. The highest BCUT2D eigenvalue weighted by Gasteiger charge is 2.52. The number of rotatable bonds is 4. The number of alkyl halides is 3. The van der Waals surface area contributed by atoms with E-state index < -0.39 is 27.9 Å². The standard InChI is InChI=1S/C15H19BCl3NO3S/c1-13(2)14(3,4)23-16(22-13)10(8-24)5-9-6-11(20-7-9)12(21)15(17,18)19/h5-7,20,24H,8H2,1-4H3. The fourth-order valence-electron chi connectivity index (χ4n) is 2.17. The molecule has 2 heterocycles. The van der Waals surface area contributed by atoms with Crippen LogP contribution in [0.3, 0.4) is 0 Å². The second-order valence-corrected chi connectivity index (χ2v) is 9.24. The molecule has 1 aliphatic rings. The second-order valence-electron chi connectivity index (χ2n) is 6.64. The highest BCUT2D eigenvalue weighted by Crippen LogP contribution is 2.39. The van der Waals surface area contributed by atoms with E-state index in [9.17, 15) is 4.79 Å². The molecule has 0 spiro atoms. The maximum atomic E-state index is 11.9. The zero-order chi connectivity index (χ0) is 18.3. The Hall–Kier alpha value is -0.105. The first-order valence-corrected chi connectivity index (χ1v) is 9.11. The van der Waals surface area contributed by atoms with Crippen molar-refractivity contribution in [3.8, 4) is 0 Å². The number of hydrogen-bond acceptors (Lipinski definition) is 4. The lowest BCUT2D eigenvalue weighted by Crippen LogP contribution is -2.41. The van der Waals surface area contributed by atoms with Crippen LogP contribution in [0.5, 0.6) is 0 Å². The molecule has 0 unspecified atom stereocenters. The van der Waals surface area contributed by atoms with Gasteiger partial charge in [-0.25, -0.2) is 0 Å². The van der Waals surface area contributed by atoms with Crippen LogP contribution in [-0.2, 0) is 9.31 Å². The van der Waals surface area contributed by atoms with Crippen molar-refractivity contribution < 1.29 is 14.1 Å². The van der Waals surface area contributed by atoms with Crippen LogP contribution in [0.4, 0.5) is 0 Å². The van der Waals surface area contributed by atoms with E-state index in [4.69, 9.17) is 44.1 Å². The number of ketones is 1. The Kier molecular flexibility index (Phi) is 5.81. The van der Waals surface area contributed by atoms with Crippen LogP contribution in [0, 0.1) is 0 Å². The number of carbonyl (C=O) groups is 1. The summed E-state index contributed by atoms with van der Waals surface area (Å²) in [7, 11) is -0.505. The molecule has 1 aromatic heterocycles. The van der Waals surface area contributed by atoms with Gasteiger partial charge in [0.05, 0.1) is 16.9 Å². The Morgan fingerprint density at radius 3 is 2.29 bits per heavy atom. The molecule has 1 N–H and O–H groups in total. The summed E-state index contributed by atoms with van der Waals surface area (Å²) in [6.45, 7) is 7.93. The lowest BCUT2D eigenvalue weighted by Gasteiger charge is -2.32. The molecule has 4 nitrogen and oxygen atoms in total. The van der Waals surface area contributed by atoms with E-state index in [0.717, 1.165) is 11.0 Å². The molecule has 1 fully saturated rings. The van der Waals surface area contributed by atoms with Gasteiger partial charge in [0, 0.05) is 11.9 Å². The van der Waals surface area contributed by atoms with Gasteiger partial charge in [0.25, 0.3) is 3.79 Å². The zero-order valence-electron chi connectivity index (χ0n) is 13.8. The molecule has 0 aliphatic carbocycles. The number of hydrogen-bond donors (Lipinski definition) is 2. The third-order valence-electron chi connectivity index (χ3n) is 4.30. The minimum absolute atomic E-state index is 0.216. The van der Waals surface area contributed by atoms with Crippen LogP contribution in [0.1, 0.15) is 43.7 Å². The van der Waals surface area contributed by atoms with Crippen molar-refractivity contribution in [3.05, 3.63) is 29.0 Å². The third-order valence-corrected chi connectivity index (χ3v) is 5.18. The number of nitrogens with one attached hydrogen (secondary N) is 1. The minimum atomic E-state index is -2.00. The number of H-pyrrole nitrogens is 1. The van der Waals surface area contributed by atoms with Crippen LogP contribution in [-0.4, -0.2) is 38.6 Å². The molecule has 0 amide bonds. The summed E-state index contributed by atoms with van der Waals surface area (Å²) >= 11 is 21.2. The van der Waals surface area contributed by atoms with E-state index in [0.29, 0.717) is 5.75 Å². The molecular formula is C15H19BCl3NO3S. The van der Waals surface area contributed by atoms with Crippen molar-refractivity contribution in [2.45, 2.75) is 42.7 Å². The van der Waals surface area contributed by atoms with E-state index in [1.54, 1.807) is 12.3 Å². The number of Topliss-reactive ketones (excluding diaryl/α,β-unsaturated/α-hetero) is 1. The number of halogens is 3. The summed E-state index contributed by atoms with van der Waals surface area (Å²) in [5.41, 5.74) is 0.923. The second kappa shape index (κ2) is 6.90. The van der Waals surface area contributed by atoms with E-state index in [-0.39, 0.29) is 5.69 Å². The summed E-state index contributed by atoms with van der Waals surface area (Å²) in [6, 6.07) is 1.61. The van der Waals surface area contributed by atoms with Gasteiger partial charge in [0.1, 0.15) is 0 Å². The smallest absolute Gasteiger partial charge is 0.400 e. The fraction of sp³-hybridized carbons (Fsp3) is 0.533. The van der Waals surface area contributed by atoms with Gasteiger partial charge in [-0.2, -0.15) is 12.6 Å². The fourth-order valence-corrected chi connectivity index (χ4v) is 2.72. The Bertz CT molecular complexity index is 651. The molecule has 24 heavy (non-hydrogen) atoms. The van der Waals surface area contributed by atoms with Crippen molar-refractivity contribution >= 4 is 66.4 Å². The largest absolute Gasteiger partial charge is 0.491 e. The summed E-state index contributed by atoms with van der Waals surface area (Å²) in [5.74, 6) is -0.175. The predicted molar refractivity (Wildman–Crippen MR) is 103 cm³/mol.